The zero-order chi connectivity index (χ0) is 14.7. The number of rotatable bonds is 3. The number of amides is 1. The van der Waals surface area contributed by atoms with Gasteiger partial charge in [0.05, 0.1) is 17.4 Å². The number of hydrogen-bond donors (Lipinski definition) is 1. The molecule has 0 bridgehead atoms. The van der Waals surface area contributed by atoms with Gasteiger partial charge in [-0.2, -0.15) is 0 Å². The van der Waals surface area contributed by atoms with Crippen LogP contribution in [-0.4, -0.2) is 54.4 Å². The molecular formula is C14H21ClN4O. The first-order valence-electron chi connectivity index (χ1n) is 6.82. The number of pyridine rings is 1. The summed E-state index contributed by atoms with van der Waals surface area (Å²) >= 11 is 5.83. The summed E-state index contributed by atoms with van der Waals surface area (Å²) < 4.78 is 0. The summed E-state index contributed by atoms with van der Waals surface area (Å²) in [7, 11) is 3.94. The van der Waals surface area contributed by atoms with Crippen molar-refractivity contribution < 1.29 is 4.79 Å². The Morgan fingerprint density at radius 3 is 2.85 bits per heavy atom. The van der Waals surface area contributed by atoms with Gasteiger partial charge in [-0.1, -0.05) is 11.6 Å². The molecule has 110 valence electrons. The van der Waals surface area contributed by atoms with Crippen LogP contribution in [-0.2, 0) is 0 Å². The number of aromatic nitrogens is 1. The Hall–Kier alpha value is -1.33. The lowest BCUT2D eigenvalue weighted by molar-refractivity contribution is 0.0748. The summed E-state index contributed by atoms with van der Waals surface area (Å²) in [4.78, 5) is 20.3. The zero-order valence-corrected chi connectivity index (χ0v) is 12.7. The van der Waals surface area contributed by atoms with Crippen LogP contribution in [0.4, 0.5) is 5.69 Å². The lowest BCUT2D eigenvalue weighted by atomic mass is 9.96. The second-order valence-electron chi connectivity index (χ2n) is 5.53. The summed E-state index contributed by atoms with van der Waals surface area (Å²) in [5, 5.41) is 0.287. The van der Waals surface area contributed by atoms with Crippen LogP contribution in [0.2, 0.25) is 5.15 Å². The van der Waals surface area contributed by atoms with Crippen molar-refractivity contribution in [3.8, 4) is 0 Å². The molecule has 5 nitrogen and oxygen atoms in total. The van der Waals surface area contributed by atoms with E-state index in [-0.39, 0.29) is 11.1 Å². The van der Waals surface area contributed by atoms with Gasteiger partial charge in [-0.15, -0.1) is 0 Å². The number of nitrogens with two attached hydrogens (primary N) is 1. The van der Waals surface area contributed by atoms with E-state index < -0.39 is 0 Å². The van der Waals surface area contributed by atoms with Crippen molar-refractivity contribution in [3.63, 3.8) is 0 Å². The van der Waals surface area contributed by atoms with Crippen LogP contribution in [0.25, 0.3) is 0 Å². The largest absolute Gasteiger partial charge is 0.397 e. The Morgan fingerprint density at radius 2 is 2.20 bits per heavy atom. The summed E-state index contributed by atoms with van der Waals surface area (Å²) in [6.45, 7) is 2.94. The van der Waals surface area contributed by atoms with Gasteiger partial charge in [0.15, 0.2) is 0 Å². The number of hydrogen-bond acceptors (Lipinski definition) is 4. The van der Waals surface area contributed by atoms with Crippen LogP contribution in [0.15, 0.2) is 12.3 Å². The standard InChI is InChI=1S/C14H21ClN4O/c1-18-5-3-10(4-6-18)9-19(2)14(20)11-7-13(15)17-8-12(11)16/h7-8,10H,3-6,9,16H2,1-2H3. The number of likely N-dealkylation sites (tertiary alicyclic amines) is 1. The average molecular weight is 297 g/mol. The highest BCUT2D eigenvalue weighted by atomic mass is 35.5. The second kappa shape index (κ2) is 6.41. The van der Waals surface area contributed by atoms with E-state index in [0.717, 1.165) is 32.5 Å². The van der Waals surface area contributed by atoms with Crippen LogP contribution in [0.1, 0.15) is 23.2 Å². The Balaban J connectivity index is 1.99. The van der Waals surface area contributed by atoms with Gasteiger partial charge in [-0.3, -0.25) is 4.79 Å². The Kier molecular flexibility index (Phi) is 4.83. The fraction of sp³-hybridized carbons (Fsp3) is 0.571. The van der Waals surface area contributed by atoms with E-state index in [1.807, 2.05) is 7.05 Å². The van der Waals surface area contributed by atoms with Crippen LogP contribution in [0.5, 0.6) is 0 Å². The molecule has 0 saturated carbocycles. The van der Waals surface area contributed by atoms with E-state index in [1.165, 1.54) is 12.3 Å². The first kappa shape index (κ1) is 15.1. The van der Waals surface area contributed by atoms with Crippen molar-refractivity contribution in [2.24, 2.45) is 5.92 Å². The maximum Gasteiger partial charge on any atom is 0.255 e. The maximum absolute atomic E-state index is 12.4. The number of carbonyl (C=O) groups is 1. The molecule has 1 aromatic heterocycles. The zero-order valence-electron chi connectivity index (χ0n) is 12.0. The molecule has 1 aromatic rings. The monoisotopic (exact) mass is 296 g/mol. The topological polar surface area (TPSA) is 62.5 Å². The lowest BCUT2D eigenvalue weighted by Gasteiger charge is -2.31. The molecular weight excluding hydrogens is 276 g/mol. The minimum atomic E-state index is -0.0919. The van der Waals surface area contributed by atoms with Gasteiger partial charge in [0, 0.05) is 13.6 Å². The maximum atomic E-state index is 12.4. The Labute approximate surface area is 124 Å². The second-order valence-corrected chi connectivity index (χ2v) is 5.91. The number of anilines is 1. The van der Waals surface area contributed by atoms with Gasteiger partial charge in [0.2, 0.25) is 0 Å². The van der Waals surface area contributed by atoms with Gasteiger partial charge in [0.1, 0.15) is 5.15 Å². The predicted molar refractivity (Wildman–Crippen MR) is 80.8 cm³/mol. The quantitative estimate of drug-likeness (QED) is 0.863. The van der Waals surface area contributed by atoms with Gasteiger partial charge < -0.3 is 15.5 Å². The third kappa shape index (κ3) is 3.61. The fourth-order valence-corrected chi connectivity index (χ4v) is 2.70. The van der Waals surface area contributed by atoms with Crippen molar-refractivity contribution in [1.29, 1.82) is 0 Å². The molecule has 2 N–H and O–H groups in total. The number of carbonyl (C=O) groups excluding carboxylic acids is 1. The third-order valence-corrected chi connectivity index (χ3v) is 4.06. The van der Waals surface area contributed by atoms with Gasteiger partial charge in [-0.25, -0.2) is 4.98 Å². The van der Waals surface area contributed by atoms with Gasteiger partial charge in [0.25, 0.3) is 5.91 Å². The number of nitrogen functional groups attached to an aromatic ring is 1. The Bertz CT molecular complexity index is 486. The molecule has 0 aromatic carbocycles. The van der Waals surface area contributed by atoms with Crippen molar-refractivity contribution in [2.75, 3.05) is 39.5 Å². The van der Waals surface area contributed by atoms with E-state index in [4.69, 9.17) is 17.3 Å². The van der Waals surface area contributed by atoms with E-state index in [9.17, 15) is 4.79 Å². The molecule has 20 heavy (non-hydrogen) atoms. The minimum Gasteiger partial charge on any atom is -0.397 e. The molecule has 2 heterocycles. The normalized spacial score (nSPS) is 17.1. The molecule has 0 unspecified atom stereocenters. The van der Waals surface area contributed by atoms with Crippen molar-refractivity contribution in [3.05, 3.63) is 23.0 Å². The molecule has 1 fully saturated rings. The molecule has 0 radical (unpaired) electrons. The molecule has 1 aliphatic heterocycles. The van der Waals surface area contributed by atoms with E-state index >= 15 is 0 Å². The van der Waals surface area contributed by atoms with E-state index in [1.54, 1.807) is 4.90 Å². The number of nitrogens with zero attached hydrogens (tertiary/aromatic N) is 3. The summed E-state index contributed by atoms with van der Waals surface area (Å²) in [6.07, 6.45) is 3.68. The summed E-state index contributed by atoms with van der Waals surface area (Å²) in [6, 6.07) is 1.53. The van der Waals surface area contributed by atoms with Crippen molar-refractivity contribution in [2.45, 2.75) is 12.8 Å². The lowest BCUT2D eigenvalue weighted by Crippen LogP contribution is -2.38. The smallest absolute Gasteiger partial charge is 0.255 e. The predicted octanol–water partition coefficient (Wildman–Crippen LogP) is 1.73. The van der Waals surface area contributed by atoms with Crippen LogP contribution in [0, 0.1) is 5.92 Å². The molecule has 0 aliphatic carbocycles. The van der Waals surface area contributed by atoms with Crippen LogP contribution >= 0.6 is 11.6 Å². The molecule has 1 aliphatic rings. The summed E-state index contributed by atoms with van der Waals surface area (Å²) in [5.41, 5.74) is 6.61. The minimum absolute atomic E-state index is 0.0919. The van der Waals surface area contributed by atoms with E-state index in [2.05, 4.69) is 16.9 Å². The molecule has 1 saturated heterocycles. The highest BCUT2D eigenvalue weighted by Gasteiger charge is 2.22. The first-order valence-corrected chi connectivity index (χ1v) is 7.20. The van der Waals surface area contributed by atoms with E-state index in [0.29, 0.717) is 17.2 Å². The number of halogens is 1. The molecule has 1 amide bonds. The highest BCUT2D eigenvalue weighted by Crippen LogP contribution is 2.20. The SMILES string of the molecule is CN1CCC(CN(C)C(=O)c2cc(Cl)ncc2N)CC1. The Morgan fingerprint density at radius 1 is 1.55 bits per heavy atom. The first-order chi connectivity index (χ1) is 9.47. The van der Waals surface area contributed by atoms with Crippen molar-refractivity contribution >= 4 is 23.2 Å². The average Bonchev–Trinajstić information content (AvgIpc) is 2.43. The highest BCUT2D eigenvalue weighted by molar-refractivity contribution is 6.29. The fourth-order valence-electron chi connectivity index (χ4n) is 2.55. The number of piperidine rings is 1. The molecule has 0 atom stereocenters. The third-order valence-electron chi connectivity index (χ3n) is 3.85. The molecule has 6 heteroatoms. The molecule has 2 rings (SSSR count). The van der Waals surface area contributed by atoms with Gasteiger partial charge >= 0.3 is 0 Å². The molecule has 0 spiro atoms. The van der Waals surface area contributed by atoms with Crippen molar-refractivity contribution in [1.82, 2.24) is 14.8 Å². The summed E-state index contributed by atoms with van der Waals surface area (Å²) in [5.74, 6) is 0.462. The van der Waals surface area contributed by atoms with Crippen LogP contribution < -0.4 is 5.73 Å². The van der Waals surface area contributed by atoms with Crippen LogP contribution in [0.3, 0.4) is 0 Å². The van der Waals surface area contributed by atoms with Gasteiger partial charge in [-0.05, 0) is 45.0 Å².